The van der Waals surface area contributed by atoms with Crippen molar-refractivity contribution in [3.63, 3.8) is 0 Å². The second-order valence-electron chi connectivity index (χ2n) is 6.46. The summed E-state index contributed by atoms with van der Waals surface area (Å²) in [5.74, 6) is -2.77. The van der Waals surface area contributed by atoms with Gasteiger partial charge in [-0.3, -0.25) is 4.98 Å². The van der Waals surface area contributed by atoms with Gasteiger partial charge in [0.05, 0.1) is 5.52 Å². The molecule has 0 bridgehead atoms. The summed E-state index contributed by atoms with van der Waals surface area (Å²) in [7, 11) is 0. The number of unbranched alkanes of at least 4 members (excludes halogenated alkanes) is 1. The summed E-state index contributed by atoms with van der Waals surface area (Å²) in [6.45, 7) is 3.68. The monoisotopic (exact) mass is 339 g/mol. The van der Waals surface area contributed by atoms with E-state index in [0.29, 0.717) is 0 Å². The number of rotatable bonds is 6. The predicted octanol–water partition coefficient (Wildman–Crippen LogP) is 6.75. The summed E-state index contributed by atoms with van der Waals surface area (Å²) in [4.78, 5) is 4.65. The number of para-hydroxylation sites is 1. The minimum absolute atomic E-state index is 0.0637. The van der Waals surface area contributed by atoms with Crippen LogP contribution in [0.1, 0.15) is 44.2 Å². The smallest absolute Gasteiger partial charge is 0.255 e. The molecule has 0 atom stereocenters. The van der Waals surface area contributed by atoms with Crippen molar-refractivity contribution in [3.8, 4) is 11.1 Å². The quantitative estimate of drug-likeness (QED) is 0.484. The minimum atomic E-state index is -2.77. The number of fused-ring (bicyclic) bond motifs is 1. The highest BCUT2D eigenvalue weighted by Crippen LogP contribution is 2.34. The Hall–Kier alpha value is -2.29. The molecule has 0 aliphatic carbocycles. The summed E-state index contributed by atoms with van der Waals surface area (Å²) in [5.41, 5.74) is 4.11. The standard InChI is InChI=1S/C22H23F2N/c1-3-5-7-16-14-18-8-6-9-20(21(18)25-15-16)17-10-12-19(13-11-17)22(23,24)4-2/h6,8-15H,3-5,7H2,1-2H3. The van der Waals surface area contributed by atoms with E-state index >= 15 is 0 Å². The van der Waals surface area contributed by atoms with Crippen LogP contribution in [0.3, 0.4) is 0 Å². The maximum absolute atomic E-state index is 13.8. The van der Waals surface area contributed by atoms with Crippen LogP contribution in [0.15, 0.2) is 54.7 Å². The second kappa shape index (κ2) is 7.30. The Balaban J connectivity index is 1.98. The molecular formula is C22H23F2N. The molecule has 1 aromatic heterocycles. The predicted molar refractivity (Wildman–Crippen MR) is 100.0 cm³/mol. The molecule has 25 heavy (non-hydrogen) atoms. The van der Waals surface area contributed by atoms with Crippen LogP contribution in [0.2, 0.25) is 0 Å². The Bertz CT molecular complexity index is 854. The lowest BCUT2D eigenvalue weighted by Crippen LogP contribution is -2.10. The van der Waals surface area contributed by atoms with Gasteiger partial charge in [-0.1, -0.05) is 62.7 Å². The van der Waals surface area contributed by atoms with Crippen LogP contribution in [0.4, 0.5) is 8.78 Å². The molecule has 1 nitrogen and oxygen atoms in total. The molecule has 0 aliphatic rings. The maximum atomic E-state index is 13.8. The molecule has 0 saturated carbocycles. The van der Waals surface area contributed by atoms with Crippen molar-refractivity contribution in [2.75, 3.05) is 0 Å². The fourth-order valence-electron chi connectivity index (χ4n) is 3.05. The van der Waals surface area contributed by atoms with Gasteiger partial charge in [0, 0.05) is 29.1 Å². The number of nitrogens with zero attached hydrogens (tertiary/aromatic N) is 1. The SMILES string of the molecule is CCCCc1cnc2c(-c3ccc(C(F)(F)CC)cc3)cccc2c1. The van der Waals surface area contributed by atoms with Crippen LogP contribution in [0.5, 0.6) is 0 Å². The van der Waals surface area contributed by atoms with Crippen molar-refractivity contribution in [3.05, 3.63) is 65.9 Å². The molecule has 3 heteroatoms. The van der Waals surface area contributed by atoms with Crippen molar-refractivity contribution in [2.24, 2.45) is 0 Å². The Labute approximate surface area is 147 Å². The third kappa shape index (κ3) is 3.71. The van der Waals surface area contributed by atoms with E-state index in [9.17, 15) is 8.78 Å². The number of hydrogen-bond donors (Lipinski definition) is 0. The van der Waals surface area contributed by atoms with Gasteiger partial charge in [-0.05, 0) is 30.0 Å². The zero-order valence-corrected chi connectivity index (χ0v) is 14.7. The van der Waals surface area contributed by atoms with Crippen LogP contribution in [0.25, 0.3) is 22.0 Å². The van der Waals surface area contributed by atoms with E-state index < -0.39 is 5.92 Å². The Kier molecular flexibility index (Phi) is 5.12. The van der Waals surface area contributed by atoms with Gasteiger partial charge >= 0.3 is 0 Å². The first kappa shape index (κ1) is 17.5. The zero-order chi connectivity index (χ0) is 17.9. The van der Waals surface area contributed by atoms with Gasteiger partial charge in [-0.15, -0.1) is 0 Å². The number of hydrogen-bond acceptors (Lipinski definition) is 1. The number of aryl methyl sites for hydroxylation is 1. The highest BCUT2D eigenvalue weighted by molar-refractivity contribution is 5.93. The Morgan fingerprint density at radius 1 is 1.00 bits per heavy atom. The molecule has 0 fully saturated rings. The van der Waals surface area contributed by atoms with E-state index in [1.165, 1.54) is 24.6 Å². The van der Waals surface area contributed by atoms with Crippen molar-refractivity contribution >= 4 is 10.9 Å². The molecule has 0 saturated heterocycles. The summed E-state index contributed by atoms with van der Waals surface area (Å²) in [5, 5.41) is 1.09. The molecule has 0 radical (unpaired) electrons. The van der Waals surface area contributed by atoms with E-state index in [-0.39, 0.29) is 12.0 Å². The molecule has 0 aliphatic heterocycles. The molecule has 0 unspecified atom stereocenters. The molecule has 3 aromatic rings. The highest BCUT2D eigenvalue weighted by Gasteiger charge is 2.28. The van der Waals surface area contributed by atoms with Crippen LogP contribution < -0.4 is 0 Å². The van der Waals surface area contributed by atoms with Crippen molar-refractivity contribution in [2.45, 2.75) is 45.5 Å². The normalized spacial score (nSPS) is 11.8. The third-order valence-corrected chi connectivity index (χ3v) is 4.65. The lowest BCUT2D eigenvalue weighted by atomic mass is 9.98. The summed E-state index contributed by atoms with van der Waals surface area (Å²) < 4.78 is 27.6. The van der Waals surface area contributed by atoms with Gasteiger partial charge in [0.25, 0.3) is 5.92 Å². The van der Waals surface area contributed by atoms with Crippen molar-refractivity contribution < 1.29 is 8.78 Å². The van der Waals surface area contributed by atoms with Crippen molar-refractivity contribution in [1.82, 2.24) is 4.98 Å². The molecule has 130 valence electrons. The van der Waals surface area contributed by atoms with Crippen LogP contribution in [0, 0.1) is 0 Å². The number of pyridine rings is 1. The third-order valence-electron chi connectivity index (χ3n) is 4.65. The Morgan fingerprint density at radius 3 is 2.44 bits per heavy atom. The van der Waals surface area contributed by atoms with Crippen LogP contribution in [-0.2, 0) is 12.3 Å². The van der Waals surface area contributed by atoms with E-state index in [1.807, 2.05) is 18.3 Å². The van der Waals surface area contributed by atoms with Gasteiger partial charge in [0.15, 0.2) is 0 Å². The van der Waals surface area contributed by atoms with E-state index in [0.717, 1.165) is 41.3 Å². The van der Waals surface area contributed by atoms with Gasteiger partial charge in [-0.2, -0.15) is 0 Å². The molecule has 2 aromatic carbocycles. The molecule has 3 rings (SSSR count). The fraction of sp³-hybridized carbons (Fsp3) is 0.318. The van der Waals surface area contributed by atoms with E-state index in [4.69, 9.17) is 0 Å². The van der Waals surface area contributed by atoms with E-state index in [2.05, 4.69) is 24.0 Å². The zero-order valence-electron chi connectivity index (χ0n) is 14.7. The number of benzene rings is 2. The van der Waals surface area contributed by atoms with Crippen LogP contribution in [-0.4, -0.2) is 4.98 Å². The van der Waals surface area contributed by atoms with Gasteiger partial charge in [-0.25, -0.2) is 8.78 Å². The average Bonchev–Trinajstić information content (AvgIpc) is 2.65. The summed E-state index contributed by atoms with van der Waals surface area (Å²) >= 11 is 0. The minimum Gasteiger partial charge on any atom is -0.255 e. The number of halogens is 2. The Morgan fingerprint density at radius 2 is 1.76 bits per heavy atom. The number of alkyl halides is 2. The molecule has 1 heterocycles. The maximum Gasteiger partial charge on any atom is 0.273 e. The van der Waals surface area contributed by atoms with Gasteiger partial charge in [0.1, 0.15) is 0 Å². The van der Waals surface area contributed by atoms with Gasteiger partial charge < -0.3 is 0 Å². The fourth-order valence-corrected chi connectivity index (χ4v) is 3.05. The van der Waals surface area contributed by atoms with E-state index in [1.54, 1.807) is 12.1 Å². The second-order valence-corrected chi connectivity index (χ2v) is 6.46. The lowest BCUT2D eigenvalue weighted by Gasteiger charge is -2.15. The van der Waals surface area contributed by atoms with Gasteiger partial charge in [0.2, 0.25) is 0 Å². The summed E-state index contributed by atoms with van der Waals surface area (Å²) in [6, 6.07) is 14.8. The lowest BCUT2D eigenvalue weighted by molar-refractivity contribution is -0.00826. The highest BCUT2D eigenvalue weighted by atomic mass is 19.3. The van der Waals surface area contributed by atoms with Crippen LogP contribution >= 0.6 is 0 Å². The topological polar surface area (TPSA) is 12.9 Å². The summed E-state index contributed by atoms with van der Waals surface area (Å²) in [6.07, 6.45) is 5.08. The molecular weight excluding hydrogens is 316 g/mol. The first-order valence-electron chi connectivity index (χ1n) is 8.91. The first-order chi connectivity index (χ1) is 12.0. The molecule has 0 amide bonds. The average molecular weight is 339 g/mol. The largest absolute Gasteiger partial charge is 0.273 e. The molecule has 0 N–H and O–H groups in total. The first-order valence-corrected chi connectivity index (χ1v) is 8.91. The van der Waals surface area contributed by atoms with Crippen molar-refractivity contribution in [1.29, 1.82) is 0 Å². The molecule has 0 spiro atoms. The number of aromatic nitrogens is 1.